The number of carbonyl (C=O) groups is 2. The van der Waals surface area contributed by atoms with Gasteiger partial charge in [0.1, 0.15) is 22.8 Å². The maximum Gasteiger partial charge on any atom is 0.247 e. The Morgan fingerprint density at radius 3 is 2.47 bits per heavy atom. The lowest BCUT2D eigenvalue weighted by Crippen LogP contribution is -2.48. The minimum absolute atomic E-state index is 0.0513. The lowest BCUT2D eigenvalue weighted by molar-refractivity contribution is -0.120. The van der Waals surface area contributed by atoms with Crippen molar-refractivity contribution in [3.05, 3.63) is 94.4 Å². The zero-order valence-electron chi connectivity index (χ0n) is 17.2. The molecule has 0 fully saturated rings. The first kappa shape index (κ1) is 18.4. The number of benzene rings is 3. The average molecular weight is 419 g/mol. The zero-order valence-corrected chi connectivity index (χ0v) is 17.2. The van der Waals surface area contributed by atoms with Crippen LogP contribution in [-0.2, 0) is 14.9 Å². The third-order valence-electron chi connectivity index (χ3n) is 6.65. The monoisotopic (exact) mass is 419 g/mol. The number of Topliss-reactive ketones (excluding diaryl/α,β-unsaturated/α-hetero) is 1. The highest BCUT2D eigenvalue weighted by atomic mass is 16.5. The number of fused-ring (bicyclic) bond motifs is 4. The third-order valence-corrected chi connectivity index (χ3v) is 6.65. The normalized spacial score (nSPS) is 21.1. The molecule has 6 heteroatoms. The fourth-order valence-corrected chi connectivity index (χ4v) is 5.40. The van der Waals surface area contributed by atoms with Crippen molar-refractivity contribution in [2.24, 2.45) is 5.73 Å². The number of nitrogens with zero attached hydrogens (tertiary/aromatic N) is 2. The molecule has 0 saturated carbocycles. The van der Waals surface area contributed by atoms with Gasteiger partial charge in [0.15, 0.2) is 5.78 Å². The molecule has 2 N–H and O–H groups in total. The van der Waals surface area contributed by atoms with E-state index < -0.39 is 5.41 Å². The molecule has 2 aliphatic heterocycles. The molecule has 0 aromatic heterocycles. The fraction of sp³-hybridized carbons (Fsp3) is 0.115. The minimum atomic E-state index is -1.65. The quantitative estimate of drug-likeness (QED) is 0.648. The summed E-state index contributed by atoms with van der Waals surface area (Å²) in [6, 6.07) is 20.5. The van der Waals surface area contributed by atoms with E-state index in [4.69, 9.17) is 10.5 Å². The number of hydrogen-bond donors (Lipinski definition) is 1. The smallest absolute Gasteiger partial charge is 0.247 e. The fourth-order valence-electron chi connectivity index (χ4n) is 5.40. The van der Waals surface area contributed by atoms with E-state index in [2.05, 4.69) is 6.07 Å². The van der Waals surface area contributed by atoms with Crippen molar-refractivity contribution in [2.45, 2.75) is 12.3 Å². The Morgan fingerprint density at radius 1 is 1.03 bits per heavy atom. The summed E-state index contributed by atoms with van der Waals surface area (Å²) in [6.45, 7) is 2.25. The maximum atomic E-state index is 14.1. The van der Waals surface area contributed by atoms with Crippen LogP contribution in [0.3, 0.4) is 0 Å². The molecule has 6 rings (SSSR count). The molecule has 0 saturated heterocycles. The second kappa shape index (κ2) is 6.08. The number of anilines is 1. The Hall–Kier alpha value is -4.37. The molecule has 0 bridgehead atoms. The summed E-state index contributed by atoms with van der Waals surface area (Å²) in [7, 11) is 0. The van der Waals surface area contributed by atoms with E-state index in [1.807, 2.05) is 49.4 Å². The number of likely N-dealkylation sites (N-methyl/N-ethyl adjacent to an activating group) is 1. The number of nitrogens with two attached hydrogens (primary N) is 1. The van der Waals surface area contributed by atoms with Crippen molar-refractivity contribution in [3.63, 3.8) is 0 Å². The number of para-hydroxylation sites is 1. The second-order valence-corrected chi connectivity index (χ2v) is 8.01. The molecular formula is C26H17N3O3. The predicted octanol–water partition coefficient (Wildman–Crippen LogP) is 3.78. The Morgan fingerprint density at radius 2 is 1.75 bits per heavy atom. The summed E-state index contributed by atoms with van der Waals surface area (Å²) in [4.78, 5) is 29.7. The first-order valence-corrected chi connectivity index (χ1v) is 10.4. The number of rotatable bonds is 1. The van der Waals surface area contributed by atoms with Gasteiger partial charge in [-0.05, 0) is 18.4 Å². The van der Waals surface area contributed by atoms with E-state index in [9.17, 15) is 14.9 Å². The van der Waals surface area contributed by atoms with Gasteiger partial charge >= 0.3 is 0 Å². The van der Waals surface area contributed by atoms with Crippen LogP contribution in [0, 0.1) is 11.3 Å². The summed E-state index contributed by atoms with van der Waals surface area (Å²) < 4.78 is 5.95. The first-order valence-electron chi connectivity index (χ1n) is 10.4. The summed E-state index contributed by atoms with van der Waals surface area (Å²) in [5.41, 5.74) is 7.13. The molecule has 1 spiro atoms. The van der Waals surface area contributed by atoms with Crippen LogP contribution in [0.1, 0.15) is 28.4 Å². The van der Waals surface area contributed by atoms with Gasteiger partial charge in [0, 0.05) is 34.3 Å². The largest absolute Gasteiger partial charge is 0.439 e. The Bertz CT molecular complexity index is 1500. The molecule has 1 unspecified atom stereocenters. The highest BCUT2D eigenvalue weighted by molar-refractivity contribution is 6.31. The van der Waals surface area contributed by atoms with E-state index in [-0.39, 0.29) is 34.5 Å². The number of hydrogen-bond acceptors (Lipinski definition) is 5. The number of ketones is 1. The SMILES string of the molecule is CCN1C(=O)C2(C(C#N)=C(N)OC3=C2C(=O)c2cccc4cccc3c24)c2ccccc21. The molecule has 154 valence electrons. The van der Waals surface area contributed by atoms with E-state index in [1.165, 1.54) is 0 Å². The molecule has 1 atom stereocenters. The Labute approximate surface area is 183 Å². The van der Waals surface area contributed by atoms with Crippen molar-refractivity contribution in [1.29, 1.82) is 5.26 Å². The number of carbonyl (C=O) groups excluding carboxylic acids is 2. The molecule has 1 aliphatic carbocycles. The minimum Gasteiger partial charge on any atom is -0.439 e. The molecule has 3 aromatic rings. The maximum absolute atomic E-state index is 14.1. The second-order valence-electron chi connectivity index (χ2n) is 8.01. The average Bonchev–Trinajstić information content (AvgIpc) is 3.05. The van der Waals surface area contributed by atoms with Crippen molar-refractivity contribution >= 4 is 33.9 Å². The molecule has 3 aliphatic rings. The van der Waals surface area contributed by atoms with Crippen molar-refractivity contribution in [3.8, 4) is 6.07 Å². The molecule has 3 aromatic carbocycles. The van der Waals surface area contributed by atoms with Gasteiger partial charge in [-0.1, -0.05) is 54.6 Å². The van der Waals surface area contributed by atoms with Crippen LogP contribution in [0.4, 0.5) is 5.69 Å². The molecule has 0 radical (unpaired) electrons. The summed E-state index contributed by atoms with van der Waals surface area (Å²) in [5, 5.41) is 11.8. The Balaban J connectivity index is 1.80. The van der Waals surface area contributed by atoms with Gasteiger partial charge in [-0.2, -0.15) is 5.26 Å². The van der Waals surface area contributed by atoms with Crippen LogP contribution in [0.2, 0.25) is 0 Å². The zero-order chi connectivity index (χ0) is 22.2. The lowest BCUT2D eigenvalue weighted by Gasteiger charge is -2.38. The van der Waals surface area contributed by atoms with Crippen molar-refractivity contribution < 1.29 is 14.3 Å². The third kappa shape index (κ3) is 1.89. The van der Waals surface area contributed by atoms with Gasteiger partial charge < -0.3 is 15.4 Å². The molecule has 1 amide bonds. The van der Waals surface area contributed by atoms with Crippen LogP contribution in [-0.4, -0.2) is 18.2 Å². The van der Waals surface area contributed by atoms with Crippen molar-refractivity contribution in [1.82, 2.24) is 0 Å². The van der Waals surface area contributed by atoms with Gasteiger partial charge in [0.25, 0.3) is 0 Å². The molecule has 2 heterocycles. The molecule has 32 heavy (non-hydrogen) atoms. The standard InChI is InChI=1S/C26H17N3O3/c1-2-29-19-12-4-3-11-17(19)26(25(29)31)18(13-27)24(28)32-23-16-10-6-8-14-7-5-9-15(20(14)16)22(30)21(23)26/h3-12H,2,28H2,1H3. The van der Waals surface area contributed by atoms with E-state index >= 15 is 0 Å². The highest BCUT2D eigenvalue weighted by Crippen LogP contribution is 2.57. The topological polar surface area (TPSA) is 96.4 Å². The van der Waals surface area contributed by atoms with Gasteiger partial charge in [0.05, 0.1) is 5.57 Å². The van der Waals surface area contributed by atoms with E-state index in [1.54, 1.807) is 23.1 Å². The predicted molar refractivity (Wildman–Crippen MR) is 119 cm³/mol. The van der Waals surface area contributed by atoms with E-state index in [0.29, 0.717) is 28.9 Å². The number of amides is 1. The van der Waals surface area contributed by atoms with Crippen LogP contribution in [0.15, 0.2) is 77.7 Å². The molecular weight excluding hydrogens is 402 g/mol. The van der Waals surface area contributed by atoms with Gasteiger partial charge in [-0.3, -0.25) is 9.59 Å². The first-order chi connectivity index (χ1) is 15.6. The Kier molecular flexibility index (Phi) is 3.50. The van der Waals surface area contributed by atoms with E-state index in [0.717, 1.165) is 10.8 Å². The van der Waals surface area contributed by atoms with Crippen LogP contribution >= 0.6 is 0 Å². The van der Waals surface area contributed by atoms with Gasteiger partial charge in [0.2, 0.25) is 11.8 Å². The van der Waals surface area contributed by atoms with Gasteiger partial charge in [-0.15, -0.1) is 0 Å². The van der Waals surface area contributed by atoms with Crippen molar-refractivity contribution in [2.75, 3.05) is 11.4 Å². The molecule has 6 nitrogen and oxygen atoms in total. The van der Waals surface area contributed by atoms with Crippen LogP contribution in [0.5, 0.6) is 0 Å². The van der Waals surface area contributed by atoms with Crippen LogP contribution in [0.25, 0.3) is 16.5 Å². The highest BCUT2D eigenvalue weighted by Gasteiger charge is 2.62. The number of ether oxygens (including phenoxy) is 1. The summed E-state index contributed by atoms with van der Waals surface area (Å²) >= 11 is 0. The number of nitriles is 1. The lowest BCUT2D eigenvalue weighted by atomic mass is 9.64. The van der Waals surface area contributed by atoms with Crippen LogP contribution < -0.4 is 10.6 Å². The summed E-state index contributed by atoms with van der Waals surface area (Å²) in [6.07, 6.45) is 0. The summed E-state index contributed by atoms with van der Waals surface area (Å²) in [5.74, 6) is -0.601. The van der Waals surface area contributed by atoms with Gasteiger partial charge in [-0.25, -0.2) is 0 Å².